The minimum atomic E-state index is 0.0653. The number of amides is 1. The number of hydrogen-bond donors (Lipinski definition) is 0. The van der Waals surface area contributed by atoms with Crippen LogP contribution in [0.15, 0.2) is 51.2 Å². The Morgan fingerprint density at radius 1 is 1.28 bits per heavy atom. The molecule has 0 fully saturated rings. The summed E-state index contributed by atoms with van der Waals surface area (Å²) < 4.78 is 5.24. The number of benzene rings is 1. The van der Waals surface area contributed by atoms with Crippen LogP contribution < -0.4 is 0 Å². The van der Waals surface area contributed by atoms with Gasteiger partial charge < -0.3 is 9.42 Å². The molecule has 130 valence electrons. The molecule has 0 aliphatic carbocycles. The number of thiophene rings is 1. The summed E-state index contributed by atoms with van der Waals surface area (Å²) in [7, 11) is 1.76. The molecule has 0 spiro atoms. The minimum absolute atomic E-state index is 0.0653. The zero-order valence-electron chi connectivity index (χ0n) is 14.1. The van der Waals surface area contributed by atoms with Crippen LogP contribution in [-0.4, -0.2) is 33.7 Å². The average Bonchev–Trinajstić information content (AvgIpc) is 3.27. The van der Waals surface area contributed by atoms with Gasteiger partial charge in [-0.3, -0.25) is 4.79 Å². The van der Waals surface area contributed by atoms with Crippen molar-refractivity contribution in [3.05, 3.63) is 53.2 Å². The summed E-state index contributed by atoms with van der Waals surface area (Å²) in [6.07, 6.45) is 0.473. The maximum atomic E-state index is 12.3. The normalized spacial score (nSPS) is 10.8. The first-order chi connectivity index (χ1) is 12.1. The third-order valence-electron chi connectivity index (χ3n) is 3.61. The predicted octanol–water partition coefficient (Wildman–Crippen LogP) is 4.25. The Hall–Kier alpha value is -2.12. The van der Waals surface area contributed by atoms with Gasteiger partial charge in [-0.2, -0.15) is 4.98 Å². The van der Waals surface area contributed by atoms with E-state index in [0.29, 0.717) is 24.7 Å². The lowest BCUT2D eigenvalue weighted by atomic mass is 10.2. The maximum Gasteiger partial charge on any atom is 0.246 e. The summed E-state index contributed by atoms with van der Waals surface area (Å²) in [5.41, 5.74) is 1.24. The molecule has 5 nitrogen and oxygen atoms in total. The fraction of sp³-hybridized carbons (Fsp3) is 0.278. The predicted molar refractivity (Wildman–Crippen MR) is 101 cm³/mol. The number of aryl methyl sites for hydroxylation is 1. The quantitative estimate of drug-likeness (QED) is 0.580. The van der Waals surface area contributed by atoms with Crippen molar-refractivity contribution in [1.29, 1.82) is 0 Å². The van der Waals surface area contributed by atoms with Gasteiger partial charge in [0.2, 0.25) is 17.6 Å². The lowest BCUT2D eigenvalue weighted by molar-refractivity contribution is -0.130. The fourth-order valence-electron chi connectivity index (χ4n) is 2.20. The molecule has 3 rings (SSSR count). The van der Waals surface area contributed by atoms with Crippen LogP contribution >= 0.6 is 23.1 Å². The molecule has 2 aromatic heterocycles. The van der Waals surface area contributed by atoms with E-state index in [1.54, 1.807) is 35.0 Å². The van der Waals surface area contributed by atoms with Crippen molar-refractivity contribution in [2.24, 2.45) is 0 Å². The average molecular weight is 374 g/mol. The van der Waals surface area contributed by atoms with Gasteiger partial charge in [0.05, 0.1) is 11.4 Å². The van der Waals surface area contributed by atoms with E-state index < -0.39 is 0 Å². The first kappa shape index (κ1) is 17.7. The Labute approximate surface area is 155 Å². The maximum absolute atomic E-state index is 12.3. The number of nitrogens with zero attached hydrogens (tertiary/aromatic N) is 3. The van der Waals surface area contributed by atoms with E-state index >= 15 is 0 Å². The molecule has 0 bridgehead atoms. The molecule has 0 aliphatic heterocycles. The van der Waals surface area contributed by atoms with Crippen LogP contribution in [-0.2, 0) is 11.3 Å². The van der Waals surface area contributed by atoms with Crippen LogP contribution in [0, 0.1) is 6.92 Å². The van der Waals surface area contributed by atoms with Gasteiger partial charge in [0.1, 0.15) is 0 Å². The summed E-state index contributed by atoms with van der Waals surface area (Å²) in [6, 6.07) is 12.2. The molecule has 2 heterocycles. The molecular weight excluding hydrogens is 354 g/mol. The number of carbonyl (C=O) groups excluding carboxylic acids is 1. The van der Waals surface area contributed by atoms with Crippen molar-refractivity contribution in [2.45, 2.75) is 24.8 Å². The molecule has 3 aromatic rings. The first-order valence-corrected chi connectivity index (χ1v) is 9.78. The van der Waals surface area contributed by atoms with Crippen molar-refractivity contribution in [1.82, 2.24) is 15.0 Å². The van der Waals surface area contributed by atoms with Crippen LogP contribution in [0.25, 0.3) is 10.7 Å². The van der Waals surface area contributed by atoms with E-state index in [9.17, 15) is 4.79 Å². The number of carbonyl (C=O) groups is 1. The summed E-state index contributed by atoms with van der Waals surface area (Å²) in [6.45, 7) is 2.39. The summed E-state index contributed by atoms with van der Waals surface area (Å²) in [4.78, 5) is 20.4. The van der Waals surface area contributed by atoms with E-state index in [2.05, 4.69) is 41.3 Å². The number of aromatic nitrogens is 2. The molecule has 25 heavy (non-hydrogen) atoms. The first-order valence-electron chi connectivity index (χ1n) is 7.92. The van der Waals surface area contributed by atoms with Gasteiger partial charge in [-0.1, -0.05) is 28.9 Å². The van der Waals surface area contributed by atoms with Crippen molar-refractivity contribution in [3.8, 4) is 10.7 Å². The molecule has 0 radical (unpaired) electrons. The fourth-order valence-corrected chi connectivity index (χ4v) is 3.69. The highest BCUT2D eigenvalue weighted by atomic mass is 32.2. The largest absolute Gasteiger partial charge is 0.337 e. The highest BCUT2D eigenvalue weighted by Gasteiger charge is 2.15. The zero-order chi connectivity index (χ0) is 17.6. The van der Waals surface area contributed by atoms with Crippen LogP contribution in [0.2, 0.25) is 0 Å². The molecule has 0 unspecified atom stereocenters. The Kier molecular flexibility index (Phi) is 5.88. The van der Waals surface area contributed by atoms with Gasteiger partial charge >= 0.3 is 0 Å². The van der Waals surface area contributed by atoms with Crippen molar-refractivity contribution >= 4 is 29.0 Å². The second kappa shape index (κ2) is 8.31. The number of hydrogen-bond acceptors (Lipinski definition) is 6. The summed E-state index contributed by atoms with van der Waals surface area (Å²) >= 11 is 3.24. The molecule has 0 saturated heterocycles. The van der Waals surface area contributed by atoms with E-state index in [1.165, 1.54) is 10.5 Å². The van der Waals surface area contributed by atoms with Crippen molar-refractivity contribution < 1.29 is 9.32 Å². The number of thioether (sulfide) groups is 1. The summed E-state index contributed by atoms with van der Waals surface area (Å²) in [5, 5.41) is 5.93. The van der Waals surface area contributed by atoms with E-state index in [4.69, 9.17) is 4.52 Å². The Balaban J connectivity index is 1.46. The van der Waals surface area contributed by atoms with Crippen LogP contribution in [0.4, 0.5) is 0 Å². The van der Waals surface area contributed by atoms with Crippen molar-refractivity contribution in [2.75, 3.05) is 12.8 Å². The van der Waals surface area contributed by atoms with Crippen LogP contribution in [0.3, 0.4) is 0 Å². The molecule has 0 atom stereocenters. The third kappa shape index (κ3) is 4.93. The molecule has 1 amide bonds. The molecule has 7 heteroatoms. The molecule has 0 saturated carbocycles. The van der Waals surface area contributed by atoms with E-state index in [0.717, 1.165) is 10.6 Å². The van der Waals surface area contributed by atoms with Gasteiger partial charge in [-0.25, -0.2) is 0 Å². The van der Waals surface area contributed by atoms with Crippen LogP contribution in [0.5, 0.6) is 0 Å². The molecule has 1 aromatic carbocycles. The third-order valence-corrected chi connectivity index (χ3v) is 5.49. The van der Waals surface area contributed by atoms with Gasteiger partial charge in [0.25, 0.3) is 0 Å². The van der Waals surface area contributed by atoms with E-state index in [-0.39, 0.29) is 5.91 Å². The second-order valence-corrected chi connectivity index (χ2v) is 7.77. The highest BCUT2D eigenvalue weighted by Crippen LogP contribution is 2.22. The van der Waals surface area contributed by atoms with Gasteiger partial charge in [0, 0.05) is 24.1 Å². The molecular formula is C18H19N3O2S2. The standard InChI is InChI=1S/C18H19N3O2S2/c1-13-5-7-14(8-6-13)24-11-9-17(22)21(2)12-16-19-18(20-23-16)15-4-3-10-25-15/h3-8,10H,9,11-12H2,1-2H3. The second-order valence-electron chi connectivity index (χ2n) is 5.65. The monoisotopic (exact) mass is 373 g/mol. The van der Waals surface area contributed by atoms with Crippen molar-refractivity contribution in [3.63, 3.8) is 0 Å². The Morgan fingerprint density at radius 2 is 2.08 bits per heavy atom. The molecule has 0 aliphatic rings. The SMILES string of the molecule is Cc1ccc(SCCC(=O)N(C)Cc2nc(-c3cccs3)no2)cc1. The summed E-state index contributed by atoms with van der Waals surface area (Å²) in [5.74, 6) is 1.83. The highest BCUT2D eigenvalue weighted by molar-refractivity contribution is 7.99. The Bertz CT molecular complexity index is 813. The van der Waals surface area contributed by atoms with Gasteiger partial charge in [-0.05, 0) is 30.5 Å². The molecule has 0 N–H and O–H groups in total. The van der Waals surface area contributed by atoms with Crippen LogP contribution in [0.1, 0.15) is 17.9 Å². The zero-order valence-corrected chi connectivity index (χ0v) is 15.8. The lowest BCUT2D eigenvalue weighted by Gasteiger charge is -2.14. The minimum Gasteiger partial charge on any atom is -0.337 e. The smallest absolute Gasteiger partial charge is 0.246 e. The topological polar surface area (TPSA) is 59.2 Å². The van der Waals surface area contributed by atoms with E-state index in [1.807, 2.05) is 17.5 Å². The Morgan fingerprint density at radius 3 is 2.80 bits per heavy atom. The van der Waals surface area contributed by atoms with Gasteiger partial charge in [-0.15, -0.1) is 23.1 Å². The lowest BCUT2D eigenvalue weighted by Crippen LogP contribution is -2.26. The van der Waals surface area contributed by atoms with Gasteiger partial charge in [0.15, 0.2) is 0 Å². The number of rotatable bonds is 7.